The Morgan fingerprint density at radius 3 is 2.15 bits per heavy atom. The summed E-state index contributed by atoms with van der Waals surface area (Å²) in [7, 11) is 0. The number of carbonyl (C=O) groups excluding carboxylic acids is 2. The number of nitrogens with zero attached hydrogens (tertiary/aromatic N) is 2. The van der Waals surface area contributed by atoms with Crippen LogP contribution in [0.3, 0.4) is 0 Å². The fraction of sp³-hybridized carbons (Fsp3) is 0.317. The molecule has 1 saturated heterocycles. The summed E-state index contributed by atoms with van der Waals surface area (Å²) in [5, 5.41) is 9.57. The number of ether oxygens (including phenoxy) is 2. The molecular formula is C41H42N2O5. The number of amides is 2. The topological polar surface area (TPSA) is 79.3 Å². The zero-order valence-electron chi connectivity index (χ0n) is 27.2. The SMILES string of the molecule is C=CCN(C[C@H]1C[C@@H](c2ccc(CO)cc2)O[C@@H](c2ccc(-c3cccc(CN4C(=O)c5ccccc5C4=O)c3)cc2)O1)C1CCCC1. The quantitative estimate of drug-likeness (QED) is 0.134. The monoisotopic (exact) mass is 642 g/mol. The van der Waals surface area contributed by atoms with Crippen LogP contribution in [0.4, 0.5) is 0 Å². The van der Waals surface area contributed by atoms with E-state index in [2.05, 4.69) is 35.7 Å². The molecule has 4 aromatic carbocycles. The smallest absolute Gasteiger partial charge is 0.261 e. The third-order valence-corrected chi connectivity index (χ3v) is 9.92. The highest BCUT2D eigenvalue weighted by Crippen LogP contribution is 2.39. The van der Waals surface area contributed by atoms with Gasteiger partial charge in [-0.05, 0) is 58.9 Å². The summed E-state index contributed by atoms with van der Waals surface area (Å²) in [5.74, 6) is -0.510. The number of rotatable bonds is 11. The number of benzene rings is 4. The Hall–Kier alpha value is -4.40. The number of hydrogen-bond acceptors (Lipinski definition) is 6. The highest BCUT2D eigenvalue weighted by molar-refractivity contribution is 6.21. The van der Waals surface area contributed by atoms with Crippen LogP contribution < -0.4 is 0 Å². The van der Waals surface area contributed by atoms with Gasteiger partial charge in [0.05, 0.1) is 36.5 Å². The van der Waals surface area contributed by atoms with E-state index in [1.54, 1.807) is 24.3 Å². The van der Waals surface area contributed by atoms with Gasteiger partial charge in [-0.25, -0.2) is 0 Å². The third kappa shape index (κ3) is 6.78. The van der Waals surface area contributed by atoms with Crippen molar-refractivity contribution >= 4 is 11.8 Å². The number of fused-ring (bicyclic) bond motifs is 1. The minimum atomic E-state index is -0.533. The molecule has 1 N–H and O–H groups in total. The molecule has 0 spiro atoms. The summed E-state index contributed by atoms with van der Waals surface area (Å²) in [5.41, 5.74) is 6.71. The first-order chi connectivity index (χ1) is 23.5. The zero-order valence-corrected chi connectivity index (χ0v) is 27.2. The normalized spacial score (nSPS) is 21.2. The minimum absolute atomic E-state index is 0.0100. The van der Waals surface area contributed by atoms with E-state index in [-0.39, 0.29) is 37.2 Å². The average Bonchev–Trinajstić information content (AvgIpc) is 3.76. The Morgan fingerprint density at radius 1 is 0.792 bits per heavy atom. The summed E-state index contributed by atoms with van der Waals surface area (Å²) in [6, 6.07) is 31.8. The molecule has 2 heterocycles. The fourth-order valence-electron chi connectivity index (χ4n) is 7.35. The zero-order chi connectivity index (χ0) is 33.0. The van der Waals surface area contributed by atoms with E-state index >= 15 is 0 Å². The van der Waals surface area contributed by atoms with Crippen molar-refractivity contribution in [1.82, 2.24) is 9.80 Å². The van der Waals surface area contributed by atoms with Crippen molar-refractivity contribution in [3.05, 3.63) is 143 Å². The Kier molecular flexibility index (Phi) is 9.64. The first kappa shape index (κ1) is 32.2. The van der Waals surface area contributed by atoms with E-state index in [1.807, 2.05) is 54.6 Å². The van der Waals surface area contributed by atoms with Crippen LogP contribution in [0.1, 0.15) is 87.5 Å². The molecule has 0 bridgehead atoms. The number of aliphatic hydroxyl groups is 1. The van der Waals surface area contributed by atoms with E-state index in [4.69, 9.17) is 9.47 Å². The molecule has 246 valence electrons. The molecule has 2 fully saturated rings. The molecule has 7 rings (SSSR count). The summed E-state index contributed by atoms with van der Waals surface area (Å²) in [4.78, 5) is 29.7. The van der Waals surface area contributed by atoms with E-state index in [0.717, 1.165) is 52.9 Å². The van der Waals surface area contributed by atoms with Crippen molar-refractivity contribution in [2.75, 3.05) is 13.1 Å². The van der Waals surface area contributed by atoms with E-state index in [1.165, 1.54) is 30.6 Å². The molecule has 4 aromatic rings. The van der Waals surface area contributed by atoms with Gasteiger partial charge < -0.3 is 14.6 Å². The maximum absolute atomic E-state index is 12.9. The van der Waals surface area contributed by atoms with Gasteiger partial charge in [0, 0.05) is 31.1 Å². The van der Waals surface area contributed by atoms with Crippen molar-refractivity contribution in [2.24, 2.45) is 0 Å². The summed E-state index contributed by atoms with van der Waals surface area (Å²) >= 11 is 0. The van der Waals surface area contributed by atoms with Crippen molar-refractivity contribution < 1.29 is 24.2 Å². The van der Waals surface area contributed by atoms with Crippen LogP contribution in [-0.2, 0) is 22.6 Å². The van der Waals surface area contributed by atoms with Crippen LogP contribution in [0.25, 0.3) is 11.1 Å². The van der Waals surface area contributed by atoms with Crippen molar-refractivity contribution in [3.8, 4) is 11.1 Å². The maximum Gasteiger partial charge on any atom is 0.261 e. The first-order valence-electron chi connectivity index (χ1n) is 17.0. The van der Waals surface area contributed by atoms with E-state index in [9.17, 15) is 14.7 Å². The second-order valence-electron chi connectivity index (χ2n) is 13.1. The van der Waals surface area contributed by atoms with Gasteiger partial charge in [-0.2, -0.15) is 0 Å². The second-order valence-corrected chi connectivity index (χ2v) is 13.1. The molecular weight excluding hydrogens is 600 g/mol. The Morgan fingerprint density at radius 2 is 1.48 bits per heavy atom. The third-order valence-electron chi connectivity index (χ3n) is 9.92. The van der Waals surface area contributed by atoms with Gasteiger partial charge in [-0.3, -0.25) is 19.4 Å². The summed E-state index contributed by atoms with van der Waals surface area (Å²) in [6.07, 6.45) is 7.01. The van der Waals surface area contributed by atoms with Gasteiger partial charge in [-0.1, -0.05) is 97.8 Å². The van der Waals surface area contributed by atoms with Gasteiger partial charge in [0.2, 0.25) is 0 Å². The largest absolute Gasteiger partial charge is 0.392 e. The van der Waals surface area contributed by atoms with Crippen molar-refractivity contribution in [1.29, 1.82) is 0 Å². The lowest BCUT2D eigenvalue weighted by atomic mass is 9.98. The molecule has 3 atom stereocenters. The van der Waals surface area contributed by atoms with E-state index < -0.39 is 6.29 Å². The molecule has 0 radical (unpaired) electrons. The fourth-order valence-corrected chi connectivity index (χ4v) is 7.35. The molecule has 1 saturated carbocycles. The molecule has 7 nitrogen and oxygen atoms in total. The molecule has 7 heteroatoms. The number of carbonyl (C=O) groups is 2. The Balaban J connectivity index is 1.09. The van der Waals surface area contributed by atoms with Gasteiger partial charge in [0.25, 0.3) is 11.8 Å². The average molecular weight is 643 g/mol. The Bertz CT molecular complexity index is 1730. The molecule has 3 aliphatic rings. The van der Waals surface area contributed by atoms with Crippen LogP contribution in [0.15, 0.2) is 110 Å². The molecule has 2 amide bonds. The summed E-state index contributed by atoms with van der Waals surface area (Å²) in [6.45, 7) is 5.91. The Labute approximate surface area is 282 Å². The predicted octanol–water partition coefficient (Wildman–Crippen LogP) is 7.62. The highest BCUT2D eigenvalue weighted by atomic mass is 16.7. The van der Waals surface area contributed by atoms with Crippen LogP contribution in [-0.4, -0.2) is 52.0 Å². The van der Waals surface area contributed by atoms with Crippen LogP contribution in [0.2, 0.25) is 0 Å². The highest BCUT2D eigenvalue weighted by Gasteiger charge is 2.36. The molecule has 1 aliphatic carbocycles. The lowest BCUT2D eigenvalue weighted by Gasteiger charge is -2.39. The molecule has 0 unspecified atom stereocenters. The summed E-state index contributed by atoms with van der Waals surface area (Å²) < 4.78 is 13.3. The van der Waals surface area contributed by atoms with Gasteiger partial charge >= 0.3 is 0 Å². The number of hydrogen-bond donors (Lipinski definition) is 1. The second kappa shape index (κ2) is 14.4. The van der Waals surface area contributed by atoms with Crippen molar-refractivity contribution in [2.45, 2.75) is 69.8 Å². The van der Waals surface area contributed by atoms with Gasteiger partial charge in [0.1, 0.15) is 0 Å². The van der Waals surface area contributed by atoms with Crippen molar-refractivity contribution in [3.63, 3.8) is 0 Å². The van der Waals surface area contributed by atoms with Crippen LogP contribution in [0.5, 0.6) is 0 Å². The van der Waals surface area contributed by atoms with Gasteiger partial charge in [-0.15, -0.1) is 6.58 Å². The first-order valence-corrected chi connectivity index (χ1v) is 17.0. The molecule has 0 aromatic heterocycles. The lowest BCUT2D eigenvalue weighted by molar-refractivity contribution is -0.253. The maximum atomic E-state index is 12.9. The minimum Gasteiger partial charge on any atom is -0.392 e. The molecule has 2 aliphatic heterocycles. The van der Waals surface area contributed by atoms with E-state index in [0.29, 0.717) is 17.2 Å². The lowest BCUT2D eigenvalue weighted by Crippen LogP contribution is -2.43. The van der Waals surface area contributed by atoms with Crippen LogP contribution >= 0.6 is 0 Å². The number of imide groups is 1. The predicted molar refractivity (Wildman–Crippen MR) is 185 cm³/mol. The number of aliphatic hydroxyl groups excluding tert-OH is 1. The standard InChI is InChI=1S/C41H42N2O5/c1-2-22-42(34-10-3-4-11-34)26-35-24-38(31-16-14-28(27-44)15-17-31)48-41(47-35)32-20-18-30(19-21-32)33-9-7-8-29(23-33)25-43-39(45)36-12-5-6-13-37(36)40(43)46/h2,5-9,12-21,23,34-35,38,41,44H,1,3-4,10-11,22,24-27H2/t35-,38+,41+/m1/s1. The van der Waals surface area contributed by atoms with Crippen LogP contribution in [0, 0.1) is 0 Å². The van der Waals surface area contributed by atoms with Gasteiger partial charge in [0.15, 0.2) is 6.29 Å². The molecule has 48 heavy (non-hydrogen) atoms.